The first-order valence-electron chi connectivity index (χ1n) is 5.98. The van der Waals surface area contributed by atoms with Crippen molar-refractivity contribution in [3.05, 3.63) is 0 Å². The van der Waals surface area contributed by atoms with Crippen LogP contribution >= 0.6 is 11.6 Å². The average Bonchev–Trinajstić information content (AvgIpc) is 2.74. The van der Waals surface area contributed by atoms with E-state index >= 15 is 0 Å². The van der Waals surface area contributed by atoms with Gasteiger partial charge in [0.1, 0.15) is 5.38 Å². The highest BCUT2D eigenvalue weighted by Gasteiger charge is 2.21. The standard InChI is InChI=1S/C11H20ClN3O2/c1-3-15-5-4-9(7-15)6-13-11(17)14-10(16)8(2)12/h8-9H,3-7H2,1-2H3,(H2,13,14,16,17). The topological polar surface area (TPSA) is 61.4 Å². The second kappa shape index (κ2) is 6.81. The van der Waals surface area contributed by atoms with Crippen LogP contribution < -0.4 is 10.6 Å². The summed E-state index contributed by atoms with van der Waals surface area (Å²) in [4.78, 5) is 24.8. The maximum absolute atomic E-state index is 11.4. The minimum absolute atomic E-state index is 0.461. The van der Waals surface area contributed by atoms with Crippen molar-refractivity contribution >= 4 is 23.5 Å². The van der Waals surface area contributed by atoms with Gasteiger partial charge in [0.2, 0.25) is 5.91 Å². The Morgan fingerprint density at radius 2 is 2.24 bits per heavy atom. The first kappa shape index (κ1) is 14.3. The van der Waals surface area contributed by atoms with Gasteiger partial charge in [-0.25, -0.2) is 4.79 Å². The number of nitrogens with one attached hydrogen (secondary N) is 2. The van der Waals surface area contributed by atoms with E-state index in [1.54, 1.807) is 0 Å². The Labute approximate surface area is 107 Å². The molecule has 1 heterocycles. The highest BCUT2D eigenvalue weighted by molar-refractivity contribution is 6.31. The molecular weight excluding hydrogens is 242 g/mol. The number of hydrogen-bond donors (Lipinski definition) is 2. The zero-order valence-corrected chi connectivity index (χ0v) is 11.1. The first-order valence-corrected chi connectivity index (χ1v) is 6.41. The Bertz CT molecular complexity index is 284. The van der Waals surface area contributed by atoms with E-state index < -0.39 is 17.3 Å². The van der Waals surface area contributed by atoms with Crippen LogP contribution in [0.2, 0.25) is 0 Å². The van der Waals surface area contributed by atoms with Crippen molar-refractivity contribution in [3.63, 3.8) is 0 Å². The molecule has 0 aromatic carbocycles. The van der Waals surface area contributed by atoms with Crippen LogP contribution in [0, 0.1) is 5.92 Å². The Morgan fingerprint density at radius 1 is 1.53 bits per heavy atom. The monoisotopic (exact) mass is 261 g/mol. The molecule has 1 aliphatic heterocycles. The van der Waals surface area contributed by atoms with E-state index in [1.807, 2.05) is 0 Å². The second-order valence-corrected chi connectivity index (χ2v) is 5.02. The van der Waals surface area contributed by atoms with E-state index in [1.165, 1.54) is 6.92 Å². The number of rotatable bonds is 4. The normalized spacial score (nSPS) is 22.2. The SMILES string of the molecule is CCN1CCC(CNC(=O)NC(=O)C(C)Cl)C1. The summed E-state index contributed by atoms with van der Waals surface area (Å²) >= 11 is 5.54. The van der Waals surface area contributed by atoms with Gasteiger partial charge in [0.15, 0.2) is 0 Å². The Kier molecular flexibility index (Phi) is 5.71. The minimum atomic E-state index is -0.692. The molecule has 0 spiro atoms. The minimum Gasteiger partial charge on any atom is -0.337 e. The molecule has 2 unspecified atom stereocenters. The first-order chi connectivity index (χ1) is 8.02. The van der Waals surface area contributed by atoms with E-state index in [9.17, 15) is 9.59 Å². The molecule has 1 aliphatic rings. The molecule has 2 N–H and O–H groups in total. The Balaban J connectivity index is 2.18. The van der Waals surface area contributed by atoms with Crippen LogP contribution in [0.25, 0.3) is 0 Å². The fraction of sp³-hybridized carbons (Fsp3) is 0.818. The van der Waals surface area contributed by atoms with Crippen molar-refractivity contribution < 1.29 is 9.59 Å². The van der Waals surface area contributed by atoms with Crippen LogP contribution in [0.15, 0.2) is 0 Å². The molecule has 1 fully saturated rings. The van der Waals surface area contributed by atoms with Crippen molar-refractivity contribution in [2.45, 2.75) is 25.6 Å². The maximum Gasteiger partial charge on any atom is 0.321 e. The molecule has 98 valence electrons. The Hall–Kier alpha value is -0.810. The smallest absolute Gasteiger partial charge is 0.321 e. The summed E-state index contributed by atoms with van der Waals surface area (Å²) in [5.74, 6) is 0.00926. The van der Waals surface area contributed by atoms with Crippen molar-refractivity contribution in [2.75, 3.05) is 26.2 Å². The van der Waals surface area contributed by atoms with Gasteiger partial charge in [-0.15, -0.1) is 11.6 Å². The van der Waals surface area contributed by atoms with Crippen molar-refractivity contribution in [1.82, 2.24) is 15.5 Å². The van der Waals surface area contributed by atoms with Gasteiger partial charge in [0, 0.05) is 13.1 Å². The molecule has 0 aromatic rings. The Morgan fingerprint density at radius 3 is 2.76 bits per heavy atom. The second-order valence-electron chi connectivity index (χ2n) is 4.36. The van der Waals surface area contributed by atoms with Crippen molar-refractivity contribution in [1.29, 1.82) is 0 Å². The van der Waals surface area contributed by atoms with Gasteiger partial charge < -0.3 is 10.2 Å². The number of likely N-dealkylation sites (tertiary alicyclic amines) is 1. The third-order valence-electron chi connectivity index (χ3n) is 2.97. The highest BCUT2D eigenvalue weighted by atomic mass is 35.5. The molecule has 0 aliphatic carbocycles. The predicted molar refractivity (Wildman–Crippen MR) is 67.1 cm³/mol. The summed E-state index contributed by atoms with van der Waals surface area (Å²) in [6.07, 6.45) is 1.09. The van der Waals surface area contributed by atoms with Crippen molar-refractivity contribution in [3.8, 4) is 0 Å². The molecular formula is C11H20ClN3O2. The average molecular weight is 262 g/mol. The molecule has 1 rings (SSSR count). The van der Waals surface area contributed by atoms with E-state index in [0.29, 0.717) is 12.5 Å². The van der Waals surface area contributed by atoms with Gasteiger partial charge in [-0.05, 0) is 32.4 Å². The number of alkyl halides is 1. The lowest BCUT2D eigenvalue weighted by Gasteiger charge is -2.14. The molecule has 6 heteroatoms. The summed E-state index contributed by atoms with van der Waals surface area (Å²) in [5, 5.41) is 4.20. The molecule has 0 saturated carbocycles. The fourth-order valence-corrected chi connectivity index (χ4v) is 1.91. The van der Waals surface area contributed by atoms with E-state index in [0.717, 1.165) is 26.1 Å². The van der Waals surface area contributed by atoms with E-state index in [2.05, 4.69) is 22.5 Å². The number of carbonyl (C=O) groups excluding carboxylic acids is 2. The van der Waals surface area contributed by atoms with Crippen LogP contribution in [0.1, 0.15) is 20.3 Å². The van der Waals surface area contributed by atoms with Crippen LogP contribution in [0.3, 0.4) is 0 Å². The third-order valence-corrected chi connectivity index (χ3v) is 3.16. The summed E-state index contributed by atoms with van der Waals surface area (Å²) in [5.41, 5.74) is 0. The number of hydrogen-bond acceptors (Lipinski definition) is 3. The van der Waals surface area contributed by atoms with Crippen LogP contribution in [-0.4, -0.2) is 48.4 Å². The molecule has 0 aromatic heterocycles. The summed E-state index contributed by atoms with van der Waals surface area (Å²) in [6.45, 7) is 7.40. The quantitative estimate of drug-likeness (QED) is 0.736. The van der Waals surface area contributed by atoms with Gasteiger partial charge in [0.25, 0.3) is 0 Å². The summed E-state index contributed by atoms with van der Waals surface area (Å²) < 4.78 is 0. The molecule has 5 nitrogen and oxygen atoms in total. The lowest BCUT2D eigenvalue weighted by Crippen LogP contribution is -2.44. The van der Waals surface area contributed by atoms with Gasteiger partial charge in [-0.1, -0.05) is 6.92 Å². The van der Waals surface area contributed by atoms with Crippen LogP contribution in [0.5, 0.6) is 0 Å². The van der Waals surface area contributed by atoms with E-state index in [4.69, 9.17) is 11.6 Å². The number of halogens is 1. The summed E-state index contributed by atoms with van der Waals surface area (Å²) in [6, 6.07) is -0.461. The lowest BCUT2D eigenvalue weighted by molar-refractivity contribution is -0.119. The van der Waals surface area contributed by atoms with Gasteiger partial charge >= 0.3 is 6.03 Å². The van der Waals surface area contributed by atoms with Crippen molar-refractivity contribution in [2.24, 2.45) is 5.92 Å². The number of imide groups is 1. The van der Waals surface area contributed by atoms with Crippen LogP contribution in [-0.2, 0) is 4.79 Å². The molecule has 1 saturated heterocycles. The third kappa shape index (κ3) is 4.91. The van der Waals surface area contributed by atoms with E-state index in [-0.39, 0.29) is 0 Å². The largest absolute Gasteiger partial charge is 0.337 e. The molecule has 0 bridgehead atoms. The fourth-order valence-electron chi connectivity index (χ4n) is 1.86. The highest BCUT2D eigenvalue weighted by Crippen LogP contribution is 2.14. The predicted octanol–water partition coefficient (Wildman–Crippen LogP) is 0.781. The maximum atomic E-state index is 11.4. The number of amides is 3. The van der Waals surface area contributed by atoms with Crippen LogP contribution in [0.4, 0.5) is 4.79 Å². The zero-order valence-electron chi connectivity index (χ0n) is 10.3. The molecule has 0 radical (unpaired) electrons. The van der Waals surface area contributed by atoms with Gasteiger partial charge in [0.05, 0.1) is 0 Å². The lowest BCUT2D eigenvalue weighted by atomic mass is 10.1. The zero-order chi connectivity index (χ0) is 12.8. The number of urea groups is 1. The number of nitrogens with zero attached hydrogens (tertiary/aromatic N) is 1. The number of carbonyl (C=O) groups is 2. The van der Waals surface area contributed by atoms with Gasteiger partial charge in [-0.2, -0.15) is 0 Å². The molecule has 17 heavy (non-hydrogen) atoms. The summed E-state index contributed by atoms with van der Waals surface area (Å²) in [7, 11) is 0. The van der Waals surface area contributed by atoms with Gasteiger partial charge in [-0.3, -0.25) is 10.1 Å². The molecule has 2 atom stereocenters. The molecule has 3 amide bonds.